The highest BCUT2D eigenvalue weighted by molar-refractivity contribution is 5.96. The summed E-state index contributed by atoms with van der Waals surface area (Å²) in [6.45, 7) is 15.6. The smallest absolute Gasteiger partial charge is 0.326 e. The number of carboxylic acids is 1. The lowest BCUT2D eigenvalue weighted by molar-refractivity contribution is -0.160. The molecule has 0 aromatic heterocycles. The Morgan fingerprint density at radius 2 is 0.975 bits per heavy atom. The first kappa shape index (κ1) is 36.5. The summed E-state index contributed by atoms with van der Waals surface area (Å²) in [5, 5.41) is 14.1. The maximum atomic E-state index is 13.2. The number of ketones is 1. The van der Waals surface area contributed by atoms with Crippen molar-refractivity contribution < 1.29 is 52.9 Å². The van der Waals surface area contributed by atoms with Crippen molar-refractivity contribution >= 4 is 41.5 Å². The van der Waals surface area contributed by atoms with Gasteiger partial charge in [0.2, 0.25) is 11.8 Å². The van der Waals surface area contributed by atoms with Crippen molar-refractivity contribution in [2.75, 3.05) is 0 Å². The number of carbonyl (C=O) groups excluding carboxylic acids is 6. The summed E-state index contributed by atoms with van der Waals surface area (Å²) in [6.07, 6.45) is -2.52. The molecule has 0 saturated carbocycles. The molecule has 0 aliphatic rings. The van der Waals surface area contributed by atoms with E-state index in [1.54, 1.807) is 62.3 Å². The molecular formula is C27H44N2O11. The van der Waals surface area contributed by atoms with Crippen LogP contribution in [-0.2, 0) is 47.8 Å². The second-order valence-corrected chi connectivity index (χ2v) is 12.4. The first-order chi connectivity index (χ1) is 17.9. The van der Waals surface area contributed by atoms with E-state index in [9.17, 15) is 38.7 Å². The topological polar surface area (TPSA) is 191 Å². The molecule has 3 atom stereocenters. The van der Waals surface area contributed by atoms with Gasteiger partial charge < -0.3 is 30.0 Å². The Morgan fingerprint density at radius 3 is 1.32 bits per heavy atom. The zero-order chi connectivity index (χ0) is 31.6. The van der Waals surface area contributed by atoms with Gasteiger partial charge in [-0.1, -0.05) is 0 Å². The quantitative estimate of drug-likeness (QED) is 0.215. The molecule has 0 aliphatic heterocycles. The van der Waals surface area contributed by atoms with E-state index in [4.69, 9.17) is 14.2 Å². The van der Waals surface area contributed by atoms with Crippen molar-refractivity contribution in [3.63, 3.8) is 0 Å². The SMILES string of the molecule is CC(=O)NC(CC(=O)OC(C)(C)C)C(=O)CC(CC(=O)OC(C)(C)C)C(=O)NC(CC(=O)OC(C)(C)C)C(=O)O. The first-order valence-electron chi connectivity index (χ1n) is 12.9. The Hall–Kier alpha value is -3.51. The molecule has 3 unspecified atom stereocenters. The molecule has 40 heavy (non-hydrogen) atoms. The van der Waals surface area contributed by atoms with Crippen molar-refractivity contribution in [3.05, 3.63) is 0 Å². The Bertz CT molecular complexity index is 968. The molecule has 3 N–H and O–H groups in total. The number of carbonyl (C=O) groups is 7. The van der Waals surface area contributed by atoms with Crippen LogP contribution in [0.15, 0.2) is 0 Å². The molecule has 0 aliphatic carbocycles. The van der Waals surface area contributed by atoms with E-state index >= 15 is 0 Å². The number of hydrogen-bond donors (Lipinski definition) is 3. The number of rotatable bonds is 13. The number of Topliss-reactive ketones (excluding diaryl/α,β-unsaturated/α-hetero) is 1. The van der Waals surface area contributed by atoms with Gasteiger partial charge in [-0.15, -0.1) is 0 Å². The summed E-state index contributed by atoms with van der Waals surface area (Å²) >= 11 is 0. The zero-order valence-corrected chi connectivity index (χ0v) is 25.1. The standard InChI is InChI=1S/C27H44N2O11/c1-15(30)28-17(13-21(33)39-26(5,6)7)19(31)11-16(12-20(32)38-25(2,3)4)23(35)29-18(24(36)37)14-22(34)40-27(8,9)10/h16-18H,11-14H2,1-10H3,(H,28,30)(H,29,35)(H,36,37). The Labute approximate surface area is 235 Å². The lowest BCUT2D eigenvalue weighted by Gasteiger charge is -2.25. The minimum absolute atomic E-state index is 0.535. The van der Waals surface area contributed by atoms with Gasteiger partial charge in [0.25, 0.3) is 0 Å². The number of ether oxygens (including phenoxy) is 3. The van der Waals surface area contributed by atoms with Gasteiger partial charge in [0.1, 0.15) is 22.8 Å². The minimum atomic E-state index is -1.72. The van der Waals surface area contributed by atoms with E-state index in [1.165, 1.54) is 0 Å². The van der Waals surface area contributed by atoms with Gasteiger partial charge in [-0.3, -0.25) is 28.8 Å². The van der Waals surface area contributed by atoms with E-state index in [1.807, 2.05) is 0 Å². The summed E-state index contributed by atoms with van der Waals surface area (Å²) in [4.78, 5) is 86.9. The third-order valence-electron chi connectivity index (χ3n) is 4.61. The number of hydrogen-bond acceptors (Lipinski definition) is 10. The third-order valence-corrected chi connectivity index (χ3v) is 4.61. The fraction of sp³-hybridized carbons (Fsp3) is 0.741. The van der Waals surface area contributed by atoms with Crippen LogP contribution in [0.4, 0.5) is 0 Å². The predicted octanol–water partition coefficient (Wildman–Crippen LogP) is 1.83. The Balaban J connectivity index is 5.98. The van der Waals surface area contributed by atoms with Crippen molar-refractivity contribution in [2.45, 2.75) is 124 Å². The number of esters is 3. The van der Waals surface area contributed by atoms with E-state index in [-0.39, 0.29) is 0 Å². The summed E-state index contributed by atoms with van der Waals surface area (Å²) in [5.74, 6) is -7.92. The molecule has 0 saturated heterocycles. The van der Waals surface area contributed by atoms with Crippen molar-refractivity contribution in [1.82, 2.24) is 10.6 Å². The van der Waals surface area contributed by atoms with Crippen LogP contribution in [0, 0.1) is 5.92 Å². The normalized spacial score (nSPS) is 14.2. The van der Waals surface area contributed by atoms with Crippen LogP contribution in [0.3, 0.4) is 0 Å². The molecule has 13 nitrogen and oxygen atoms in total. The number of amides is 2. The molecule has 0 bridgehead atoms. The van der Waals surface area contributed by atoms with Crippen molar-refractivity contribution in [3.8, 4) is 0 Å². The molecule has 0 aromatic carbocycles. The van der Waals surface area contributed by atoms with E-state index in [2.05, 4.69) is 10.6 Å². The van der Waals surface area contributed by atoms with Gasteiger partial charge in [0, 0.05) is 13.3 Å². The summed E-state index contributed by atoms with van der Waals surface area (Å²) in [6, 6.07) is -3.09. The van der Waals surface area contributed by atoms with Crippen LogP contribution in [0.25, 0.3) is 0 Å². The average molecular weight is 573 g/mol. The van der Waals surface area contributed by atoms with Gasteiger partial charge in [-0.2, -0.15) is 0 Å². The summed E-state index contributed by atoms with van der Waals surface area (Å²) < 4.78 is 15.6. The lowest BCUT2D eigenvalue weighted by Crippen LogP contribution is -2.48. The van der Waals surface area contributed by atoms with Crippen LogP contribution < -0.4 is 10.6 Å². The van der Waals surface area contributed by atoms with Crippen LogP contribution in [0.5, 0.6) is 0 Å². The molecule has 0 fully saturated rings. The van der Waals surface area contributed by atoms with Crippen molar-refractivity contribution in [1.29, 1.82) is 0 Å². The Morgan fingerprint density at radius 1 is 0.600 bits per heavy atom. The van der Waals surface area contributed by atoms with E-state index in [0.29, 0.717) is 0 Å². The fourth-order valence-electron chi connectivity index (χ4n) is 3.31. The molecule has 2 amide bonds. The van der Waals surface area contributed by atoms with Gasteiger partial charge in [0.05, 0.1) is 31.2 Å². The highest BCUT2D eigenvalue weighted by Gasteiger charge is 2.35. The minimum Gasteiger partial charge on any atom is -0.480 e. The van der Waals surface area contributed by atoms with Crippen LogP contribution >= 0.6 is 0 Å². The molecule has 0 aromatic rings. The number of carboxylic acid groups (broad SMARTS) is 1. The molecule has 228 valence electrons. The predicted molar refractivity (Wildman–Crippen MR) is 142 cm³/mol. The van der Waals surface area contributed by atoms with Crippen molar-refractivity contribution in [2.24, 2.45) is 5.92 Å². The van der Waals surface area contributed by atoms with Crippen LogP contribution in [-0.4, -0.2) is 75.5 Å². The van der Waals surface area contributed by atoms with Gasteiger partial charge >= 0.3 is 23.9 Å². The van der Waals surface area contributed by atoms with E-state index < -0.39 is 102 Å². The molecule has 13 heteroatoms. The lowest BCUT2D eigenvalue weighted by atomic mass is 9.92. The Kier molecular flexibility index (Phi) is 13.5. The second kappa shape index (κ2) is 14.8. The maximum absolute atomic E-state index is 13.2. The highest BCUT2D eigenvalue weighted by atomic mass is 16.6. The van der Waals surface area contributed by atoms with Gasteiger partial charge in [0.15, 0.2) is 5.78 Å². The van der Waals surface area contributed by atoms with E-state index in [0.717, 1.165) is 6.92 Å². The monoisotopic (exact) mass is 572 g/mol. The highest BCUT2D eigenvalue weighted by Crippen LogP contribution is 2.19. The average Bonchev–Trinajstić information content (AvgIpc) is 2.67. The molecule has 0 radical (unpaired) electrons. The molecular weight excluding hydrogens is 528 g/mol. The summed E-state index contributed by atoms with van der Waals surface area (Å²) in [5.41, 5.74) is -2.68. The zero-order valence-electron chi connectivity index (χ0n) is 25.1. The molecule has 0 spiro atoms. The number of aliphatic carboxylic acids is 1. The molecule has 0 heterocycles. The maximum Gasteiger partial charge on any atom is 0.326 e. The van der Waals surface area contributed by atoms with Crippen LogP contribution in [0.1, 0.15) is 94.9 Å². The number of nitrogens with one attached hydrogen (secondary N) is 2. The third kappa shape index (κ3) is 17.2. The molecule has 0 rings (SSSR count). The first-order valence-corrected chi connectivity index (χ1v) is 12.9. The van der Waals surface area contributed by atoms with Gasteiger partial charge in [-0.05, 0) is 62.3 Å². The second-order valence-electron chi connectivity index (χ2n) is 12.4. The van der Waals surface area contributed by atoms with Gasteiger partial charge in [-0.25, -0.2) is 4.79 Å². The largest absolute Gasteiger partial charge is 0.480 e. The fourth-order valence-corrected chi connectivity index (χ4v) is 3.31. The van der Waals surface area contributed by atoms with Crippen LogP contribution in [0.2, 0.25) is 0 Å². The summed E-state index contributed by atoms with van der Waals surface area (Å²) in [7, 11) is 0.